The Morgan fingerprint density at radius 3 is 1.00 bits per heavy atom. The first-order valence-corrected chi connectivity index (χ1v) is 19.6. The third-order valence-corrected chi connectivity index (χ3v) is 12.5. The Morgan fingerprint density at radius 1 is 0.300 bits per heavy atom. The van der Waals surface area contributed by atoms with E-state index in [1.165, 1.54) is 59.9 Å². The van der Waals surface area contributed by atoms with E-state index in [-0.39, 0.29) is 0 Å². The summed E-state index contributed by atoms with van der Waals surface area (Å²) in [6.45, 7) is 14.9. The standard InChI is InChI=1S/C50H62/c1-37(43-22-12-7-13-23-43)32-33-48(40(4)45-26-16-9-17-27-45)35-50(42(6)47-30-20-11-21-31-47)36-49(41(5)46-28-18-10-19-29-46)34-38(2)39(3)44-24-14-8-15-25-44/h7-31,37-42,48-50H,32-36H2,1-6H3. The van der Waals surface area contributed by atoms with Gasteiger partial charge in [-0.3, -0.25) is 0 Å². The summed E-state index contributed by atoms with van der Waals surface area (Å²) >= 11 is 0. The van der Waals surface area contributed by atoms with Crippen LogP contribution in [0.3, 0.4) is 0 Å². The van der Waals surface area contributed by atoms with E-state index in [1.807, 2.05) is 0 Å². The Bertz CT molecular complexity index is 1610. The van der Waals surface area contributed by atoms with E-state index < -0.39 is 0 Å². The monoisotopic (exact) mass is 662 g/mol. The number of benzene rings is 5. The normalized spacial score (nSPS) is 17.1. The molecule has 5 rings (SSSR count). The molecule has 262 valence electrons. The molecule has 0 amide bonds. The molecule has 0 aromatic heterocycles. The SMILES string of the molecule is CC(CCC(CC(CC(CC(C)C(C)c1ccccc1)C(C)c1ccccc1)C(C)c1ccccc1)C(C)c1ccccc1)c1ccccc1. The van der Waals surface area contributed by atoms with Crippen LogP contribution in [-0.2, 0) is 0 Å². The molecule has 0 radical (unpaired) electrons. The summed E-state index contributed by atoms with van der Waals surface area (Å²) in [6.07, 6.45) is 6.17. The molecule has 0 N–H and O–H groups in total. The van der Waals surface area contributed by atoms with Crippen LogP contribution in [0.5, 0.6) is 0 Å². The maximum absolute atomic E-state index is 2.52. The summed E-state index contributed by atoms with van der Waals surface area (Å²) in [5.74, 6) is 4.93. The molecule has 0 bridgehead atoms. The van der Waals surface area contributed by atoms with Crippen LogP contribution in [0.2, 0.25) is 0 Å². The van der Waals surface area contributed by atoms with E-state index in [1.54, 1.807) is 0 Å². The average molecular weight is 663 g/mol. The van der Waals surface area contributed by atoms with Crippen molar-refractivity contribution < 1.29 is 0 Å². The molecule has 0 heterocycles. The maximum atomic E-state index is 2.52. The summed E-state index contributed by atoms with van der Waals surface area (Å²) < 4.78 is 0. The van der Waals surface area contributed by atoms with E-state index in [0.717, 1.165) is 0 Å². The molecule has 0 heteroatoms. The van der Waals surface area contributed by atoms with E-state index in [4.69, 9.17) is 0 Å². The molecule has 0 saturated carbocycles. The van der Waals surface area contributed by atoms with Gasteiger partial charge in [-0.05, 0) is 113 Å². The molecule has 9 unspecified atom stereocenters. The Morgan fingerprint density at radius 2 is 0.600 bits per heavy atom. The van der Waals surface area contributed by atoms with Crippen LogP contribution in [0.1, 0.15) is 131 Å². The van der Waals surface area contributed by atoms with Gasteiger partial charge in [0.25, 0.3) is 0 Å². The Labute approximate surface area is 305 Å². The zero-order valence-corrected chi connectivity index (χ0v) is 31.7. The molecule has 50 heavy (non-hydrogen) atoms. The van der Waals surface area contributed by atoms with Gasteiger partial charge in [0.15, 0.2) is 0 Å². The van der Waals surface area contributed by atoms with Crippen molar-refractivity contribution in [1.29, 1.82) is 0 Å². The van der Waals surface area contributed by atoms with Gasteiger partial charge in [-0.25, -0.2) is 0 Å². The van der Waals surface area contributed by atoms with Crippen molar-refractivity contribution in [2.45, 2.75) is 103 Å². The topological polar surface area (TPSA) is 0 Å². The highest BCUT2D eigenvalue weighted by Crippen LogP contribution is 2.45. The fraction of sp³-hybridized carbons (Fsp3) is 0.400. The maximum Gasteiger partial charge on any atom is -0.0162 e. The Hall–Kier alpha value is -3.90. The van der Waals surface area contributed by atoms with Crippen LogP contribution in [-0.4, -0.2) is 0 Å². The van der Waals surface area contributed by atoms with Gasteiger partial charge in [-0.2, -0.15) is 0 Å². The second kappa shape index (κ2) is 18.9. The molecule has 5 aromatic rings. The minimum atomic E-state index is 0.487. The first kappa shape index (κ1) is 37.4. The van der Waals surface area contributed by atoms with Gasteiger partial charge in [0.2, 0.25) is 0 Å². The van der Waals surface area contributed by atoms with Crippen LogP contribution >= 0.6 is 0 Å². The zero-order chi connectivity index (χ0) is 35.3. The molecule has 0 aliphatic rings. The summed E-state index contributed by atoms with van der Waals surface area (Å²) in [7, 11) is 0. The smallest absolute Gasteiger partial charge is 0.0162 e. The van der Waals surface area contributed by atoms with Gasteiger partial charge in [0, 0.05) is 0 Å². The van der Waals surface area contributed by atoms with Crippen LogP contribution in [0, 0.1) is 23.7 Å². The Kier molecular flexibility index (Phi) is 14.1. The van der Waals surface area contributed by atoms with Crippen LogP contribution < -0.4 is 0 Å². The minimum Gasteiger partial charge on any atom is -0.0622 e. The van der Waals surface area contributed by atoms with Crippen LogP contribution in [0.25, 0.3) is 0 Å². The van der Waals surface area contributed by atoms with Crippen molar-refractivity contribution in [3.63, 3.8) is 0 Å². The van der Waals surface area contributed by atoms with E-state index in [2.05, 4.69) is 193 Å². The number of rotatable bonds is 18. The summed E-state index contributed by atoms with van der Waals surface area (Å²) in [5, 5.41) is 0. The van der Waals surface area contributed by atoms with Gasteiger partial charge in [0.05, 0.1) is 0 Å². The predicted molar refractivity (Wildman–Crippen MR) is 217 cm³/mol. The van der Waals surface area contributed by atoms with Crippen molar-refractivity contribution in [1.82, 2.24) is 0 Å². The first-order chi connectivity index (χ1) is 24.3. The number of hydrogen-bond donors (Lipinski definition) is 0. The molecule has 0 aliphatic heterocycles. The van der Waals surface area contributed by atoms with Crippen molar-refractivity contribution in [3.05, 3.63) is 179 Å². The molecular weight excluding hydrogens is 601 g/mol. The molecule has 0 saturated heterocycles. The molecular formula is C50H62. The quantitative estimate of drug-likeness (QED) is 0.0876. The van der Waals surface area contributed by atoms with Gasteiger partial charge in [0.1, 0.15) is 0 Å². The van der Waals surface area contributed by atoms with E-state index in [9.17, 15) is 0 Å². The van der Waals surface area contributed by atoms with Crippen LogP contribution in [0.4, 0.5) is 0 Å². The summed E-state index contributed by atoms with van der Waals surface area (Å²) in [5.41, 5.74) is 7.37. The average Bonchev–Trinajstić information content (AvgIpc) is 3.19. The lowest BCUT2D eigenvalue weighted by atomic mass is 9.67. The van der Waals surface area contributed by atoms with Gasteiger partial charge in [-0.15, -0.1) is 0 Å². The minimum absolute atomic E-state index is 0.487. The lowest BCUT2D eigenvalue weighted by Gasteiger charge is -2.37. The highest BCUT2D eigenvalue weighted by molar-refractivity contribution is 5.24. The third kappa shape index (κ3) is 10.3. The van der Waals surface area contributed by atoms with Crippen molar-refractivity contribution in [3.8, 4) is 0 Å². The lowest BCUT2D eigenvalue weighted by Crippen LogP contribution is -2.25. The van der Waals surface area contributed by atoms with Crippen molar-refractivity contribution >= 4 is 0 Å². The fourth-order valence-corrected chi connectivity index (χ4v) is 8.62. The molecule has 5 aromatic carbocycles. The second-order valence-electron chi connectivity index (χ2n) is 15.7. The molecule has 0 nitrogen and oxygen atoms in total. The Balaban J connectivity index is 1.47. The van der Waals surface area contributed by atoms with Crippen molar-refractivity contribution in [2.75, 3.05) is 0 Å². The molecule has 0 aliphatic carbocycles. The third-order valence-electron chi connectivity index (χ3n) is 12.5. The predicted octanol–water partition coefficient (Wildman–Crippen LogP) is 14.4. The highest BCUT2D eigenvalue weighted by atomic mass is 14.4. The molecule has 0 fully saturated rings. The fourth-order valence-electron chi connectivity index (χ4n) is 8.62. The molecule has 0 spiro atoms. The summed E-state index contributed by atoms with van der Waals surface area (Å²) in [6, 6.07) is 56.4. The van der Waals surface area contributed by atoms with Crippen molar-refractivity contribution in [2.24, 2.45) is 23.7 Å². The zero-order valence-electron chi connectivity index (χ0n) is 31.7. The lowest BCUT2D eigenvalue weighted by molar-refractivity contribution is 0.206. The number of hydrogen-bond acceptors (Lipinski definition) is 0. The highest BCUT2D eigenvalue weighted by Gasteiger charge is 2.33. The van der Waals surface area contributed by atoms with Gasteiger partial charge >= 0.3 is 0 Å². The van der Waals surface area contributed by atoms with E-state index >= 15 is 0 Å². The molecule has 9 atom stereocenters. The first-order valence-electron chi connectivity index (χ1n) is 19.6. The van der Waals surface area contributed by atoms with E-state index in [0.29, 0.717) is 53.3 Å². The van der Waals surface area contributed by atoms with Gasteiger partial charge < -0.3 is 0 Å². The van der Waals surface area contributed by atoms with Gasteiger partial charge in [-0.1, -0.05) is 193 Å². The van der Waals surface area contributed by atoms with Crippen LogP contribution in [0.15, 0.2) is 152 Å². The largest absolute Gasteiger partial charge is 0.0622 e. The second-order valence-corrected chi connectivity index (χ2v) is 15.7. The summed E-state index contributed by atoms with van der Waals surface area (Å²) in [4.78, 5) is 0.